The molecule has 0 N–H and O–H groups in total. The second-order valence-electron chi connectivity index (χ2n) is 4.47. The summed E-state index contributed by atoms with van der Waals surface area (Å²) in [5, 5.41) is 0.267. The van der Waals surface area contributed by atoms with E-state index in [9.17, 15) is 4.79 Å². The van der Waals surface area contributed by atoms with Crippen molar-refractivity contribution in [1.82, 2.24) is 0 Å². The van der Waals surface area contributed by atoms with Gasteiger partial charge < -0.3 is 4.74 Å². The second-order valence-corrected chi connectivity index (χ2v) is 6.39. The van der Waals surface area contributed by atoms with E-state index in [0.717, 1.165) is 16.7 Å². The fourth-order valence-electron chi connectivity index (χ4n) is 2.08. The van der Waals surface area contributed by atoms with Gasteiger partial charge >= 0.3 is 5.97 Å². The Labute approximate surface area is 144 Å². The smallest absolute Gasteiger partial charge is 0.323 e. The third-order valence-electron chi connectivity index (χ3n) is 3.09. The van der Waals surface area contributed by atoms with Gasteiger partial charge in [-0.2, -0.15) is 0 Å². The molecule has 2 aromatic carbocycles. The zero-order valence-corrected chi connectivity index (χ0v) is 14.4. The first kappa shape index (κ1) is 17.0. The van der Waals surface area contributed by atoms with Crippen LogP contribution < -0.4 is 0 Å². The van der Waals surface area contributed by atoms with Crippen LogP contribution in [0, 0.1) is 0 Å². The molecule has 1 unspecified atom stereocenters. The van der Waals surface area contributed by atoms with Crippen LogP contribution in [0.5, 0.6) is 0 Å². The minimum Gasteiger partial charge on any atom is -0.465 e. The van der Waals surface area contributed by atoms with Gasteiger partial charge in [-0.1, -0.05) is 66.3 Å². The van der Waals surface area contributed by atoms with Crippen molar-refractivity contribution in [3.63, 3.8) is 0 Å². The van der Waals surface area contributed by atoms with E-state index < -0.39 is 5.25 Å². The molecule has 0 aliphatic heterocycles. The summed E-state index contributed by atoms with van der Waals surface area (Å²) in [6, 6.07) is 15.4. The maximum absolute atomic E-state index is 12.0. The number of thiocarbonyl (C=S) groups is 1. The van der Waals surface area contributed by atoms with E-state index in [1.54, 1.807) is 6.92 Å². The fourth-order valence-corrected chi connectivity index (χ4v) is 3.26. The molecule has 0 aromatic heterocycles. The summed E-state index contributed by atoms with van der Waals surface area (Å²) in [5.41, 5.74) is 2.83. The minimum atomic E-state index is -0.433. The molecule has 0 fully saturated rings. The van der Waals surface area contributed by atoms with E-state index in [0.29, 0.717) is 11.6 Å². The highest BCUT2D eigenvalue weighted by Crippen LogP contribution is 2.32. The van der Waals surface area contributed by atoms with Crippen LogP contribution in [0.25, 0.3) is 11.1 Å². The van der Waals surface area contributed by atoms with Crippen molar-refractivity contribution in [3.05, 3.63) is 59.1 Å². The Morgan fingerprint density at radius 2 is 1.95 bits per heavy atom. The van der Waals surface area contributed by atoms with Crippen LogP contribution in [0.1, 0.15) is 17.7 Å². The molecule has 5 heteroatoms. The highest BCUT2D eigenvalue weighted by Gasteiger charge is 2.21. The molecule has 0 aliphatic carbocycles. The Morgan fingerprint density at radius 1 is 1.27 bits per heavy atom. The Morgan fingerprint density at radius 3 is 2.55 bits per heavy atom. The lowest BCUT2D eigenvalue weighted by Crippen LogP contribution is -2.13. The Hall–Kier alpha value is -1.36. The number of carbonyl (C=O) groups is 1. The number of rotatable bonds is 6. The Bertz CT molecular complexity index is 656. The minimum absolute atomic E-state index is 0.279. The van der Waals surface area contributed by atoms with Gasteiger partial charge in [0.05, 0.1) is 6.61 Å². The zero-order valence-electron chi connectivity index (χ0n) is 12.0. The number of thioether (sulfide) groups is 1. The van der Waals surface area contributed by atoms with Gasteiger partial charge in [0.15, 0.2) is 0 Å². The molecule has 1 atom stereocenters. The highest BCUT2D eigenvalue weighted by molar-refractivity contribution is 8.21. The first-order valence-corrected chi connectivity index (χ1v) is 8.57. The monoisotopic (exact) mass is 350 g/mol. The van der Waals surface area contributed by atoms with Crippen molar-refractivity contribution >= 4 is 46.2 Å². The van der Waals surface area contributed by atoms with Crippen molar-refractivity contribution in [3.8, 4) is 11.1 Å². The summed E-state index contributed by atoms with van der Waals surface area (Å²) < 4.78 is 6.59. The van der Waals surface area contributed by atoms with Crippen LogP contribution in [-0.2, 0) is 9.53 Å². The lowest BCUT2D eigenvalue weighted by molar-refractivity contribution is -0.142. The van der Waals surface area contributed by atoms with Gasteiger partial charge in [-0.05, 0) is 24.1 Å². The quantitative estimate of drug-likeness (QED) is 0.521. The predicted octanol–water partition coefficient (Wildman–Crippen LogP) is 5.30. The molecule has 0 spiro atoms. The van der Waals surface area contributed by atoms with E-state index in [1.165, 1.54) is 16.5 Å². The third-order valence-corrected chi connectivity index (χ3v) is 4.60. The van der Waals surface area contributed by atoms with Crippen molar-refractivity contribution < 1.29 is 9.53 Å². The summed E-state index contributed by atoms with van der Waals surface area (Å²) in [7, 11) is 0. The van der Waals surface area contributed by atoms with Crippen LogP contribution in [-0.4, -0.2) is 17.3 Å². The topological polar surface area (TPSA) is 26.3 Å². The number of hydrogen-bond donors (Lipinski definition) is 0. The fraction of sp³-hybridized carbons (Fsp3) is 0.176. The summed E-state index contributed by atoms with van der Waals surface area (Å²) in [5.74, 6) is -0.279. The molecule has 22 heavy (non-hydrogen) atoms. The number of ether oxygens (including phenoxy) is 1. The normalized spacial score (nSPS) is 11.7. The van der Waals surface area contributed by atoms with Gasteiger partial charge in [0.1, 0.15) is 5.25 Å². The molecule has 0 saturated heterocycles. The van der Waals surface area contributed by atoms with Crippen LogP contribution in [0.15, 0.2) is 48.5 Å². The summed E-state index contributed by atoms with van der Waals surface area (Å²) >= 11 is 12.3. The van der Waals surface area contributed by atoms with Crippen molar-refractivity contribution in [2.45, 2.75) is 12.2 Å². The molecule has 0 saturated carbocycles. The summed E-state index contributed by atoms with van der Waals surface area (Å²) in [6.07, 6.45) is 0. The number of carbonyl (C=O) groups excluding carboxylic acids is 1. The van der Waals surface area contributed by atoms with Crippen LogP contribution >= 0.6 is 35.6 Å². The van der Waals surface area contributed by atoms with E-state index >= 15 is 0 Å². The van der Waals surface area contributed by atoms with Crippen LogP contribution in [0.4, 0.5) is 0 Å². The van der Waals surface area contributed by atoms with E-state index in [4.69, 9.17) is 28.6 Å². The maximum Gasteiger partial charge on any atom is 0.323 e. The molecule has 0 bridgehead atoms. The molecular weight excluding hydrogens is 336 g/mol. The molecule has 0 amide bonds. The predicted molar refractivity (Wildman–Crippen MR) is 97.5 cm³/mol. The standard InChI is InChI=1S/C17H15ClO2S2/c1-2-20-17(19)16(22-11-21)13-9-7-12(8-10-13)14-5-3-4-6-15(14)18/h3-11,16H,2H2,1H3. The molecule has 0 aliphatic rings. The highest BCUT2D eigenvalue weighted by atomic mass is 35.5. The molecule has 114 valence electrons. The number of hydrogen-bond acceptors (Lipinski definition) is 4. The largest absolute Gasteiger partial charge is 0.465 e. The van der Waals surface area contributed by atoms with E-state index in [2.05, 4.69) is 0 Å². The van der Waals surface area contributed by atoms with Gasteiger partial charge in [0.25, 0.3) is 0 Å². The zero-order chi connectivity index (χ0) is 15.9. The second kappa shape index (κ2) is 8.32. The number of benzene rings is 2. The number of esters is 1. The third kappa shape index (κ3) is 4.09. The maximum atomic E-state index is 12.0. The first-order valence-electron chi connectivity index (χ1n) is 6.78. The lowest BCUT2D eigenvalue weighted by atomic mass is 10.0. The molecule has 0 radical (unpaired) electrons. The SMILES string of the molecule is CCOC(=O)C(SC=S)c1ccc(-c2ccccc2Cl)cc1. The van der Waals surface area contributed by atoms with Crippen molar-refractivity contribution in [2.75, 3.05) is 6.61 Å². The van der Waals surface area contributed by atoms with Crippen molar-refractivity contribution in [1.29, 1.82) is 0 Å². The van der Waals surface area contributed by atoms with Crippen LogP contribution in [0.3, 0.4) is 0 Å². The van der Waals surface area contributed by atoms with Gasteiger partial charge in [-0.15, -0.1) is 11.8 Å². The van der Waals surface area contributed by atoms with Gasteiger partial charge in [0.2, 0.25) is 0 Å². The molecule has 2 aromatic rings. The van der Waals surface area contributed by atoms with E-state index in [1.807, 2.05) is 48.5 Å². The van der Waals surface area contributed by atoms with Crippen LogP contribution in [0.2, 0.25) is 5.02 Å². The van der Waals surface area contributed by atoms with Gasteiger partial charge in [-0.25, -0.2) is 0 Å². The van der Waals surface area contributed by atoms with Gasteiger partial charge in [-0.3, -0.25) is 4.79 Å². The Balaban J connectivity index is 2.28. The molecule has 2 nitrogen and oxygen atoms in total. The summed E-state index contributed by atoms with van der Waals surface area (Å²) in [6.45, 7) is 2.14. The van der Waals surface area contributed by atoms with Gasteiger partial charge in [0, 0.05) is 15.3 Å². The lowest BCUT2D eigenvalue weighted by Gasteiger charge is -2.14. The molecule has 0 heterocycles. The molecule has 2 rings (SSSR count). The Kier molecular flexibility index (Phi) is 6.43. The average molecular weight is 351 g/mol. The summed E-state index contributed by atoms with van der Waals surface area (Å²) in [4.78, 5) is 12.0. The van der Waals surface area contributed by atoms with Crippen molar-refractivity contribution in [2.24, 2.45) is 0 Å². The average Bonchev–Trinajstić information content (AvgIpc) is 2.53. The molecular formula is C17H15ClO2S2. The number of halogens is 1. The first-order chi connectivity index (χ1) is 10.7. The van der Waals surface area contributed by atoms with E-state index in [-0.39, 0.29) is 5.97 Å².